The van der Waals surface area contributed by atoms with Crippen molar-refractivity contribution < 1.29 is 13.9 Å². The van der Waals surface area contributed by atoms with Gasteiger partial charge < -0.3 is 15.0 Å². The van der Waals surface area contributed by atoms with Crippen LogP contribution in [0.15, 0.2) is 52.5 Å². The number of nitrogens with one attached hydrogen (secondary N) is 2. The standard InChI is InChI=1S/C23H19Cl2FN4O2/c24-15-5-3-6-16(25)21(15)30-23-28-18-9-14(17(26)10-19(18)29-23)22(31)27-13-8-12-4-1-2-7-20(12)32-11-13/h1-2,4-5,7,9-10,13,16H,3,6,8,11H2,(H,27,31)(H,28,29). The number of hydrogen-bond acceptors (Lipinski definition) is 4. The molecule has 3 aromatic rings. The molecule has 2 unspecified atom stereocenters. The maximum absolute atomic E-state index is 14.7. The fourth-order valence-electron chi connectivity index (χ4n) is 3.91. The lowest BCUT2D eigenvalue weighted by Crippen LogP contribution is -2.43. The van der Waals surface area contributed by atoms with Crippen molar-refractivity contribution in [3.63, 3.8) is 0 Å². The molecule has 1 aliphatic carbocycles. The maximum Gasteiger partial charge on any atom is 0.254 e. The highest BCUT2D eigenvalue weighted by Crippen LogP contribution is 2.28. The van der Waals surface area contributed by atoms with Gasteiger partial charge in [0.1, 0.15) is 18.2 Å². The van der Waals surface area contributed by atoms with E-state index in [1.165, 1.54) is 12.1 Å². The molecule has 0 bridgehead atoms. The maximum atomic E-state index is 14.7. The zero-order valence-corrected chi connectivity index (χ0v) is 18.4. The van der Waals surface area contributed by atoms with Crippen molar-refractivity contribution in [3.05, 3.63) is 64.5 Å². The number of imidazole rings is 1. The van der Waals surface area contributed by atoms with E-state index in [0.717, 1.165) is 24.2 Å². The predicted molar refractivity (Wildman–Crippen MR) is 123 cm³/mol. The quantitative estimate of drug-likeness (QED) is 0.524. The molecule has 2 N–H and O–H groups in total. The molecular formula is C23H19Cl2FN4O2. The summed E-state index contributed by atoms with van der Waals surface area (Å²) in [5, 5.41) is 3.02. The fourth-order valence-corrected chi connectivity index (χ4v) is 4.54. The van der Waals surface area contributed by atoms with Crippen LogP contribution in [0, 0.1) is 5.82 Å². The third kappa shape index (κ3) is 4.10. The van der Waals surface area contributed by atoms with Crippen LogP contribution in [-0.4, -0.2) is 39.6 Å². The first-order valence-electron chi connectivity index (χ1n) is 10.3. The van der Waals surface area contributed by atoms with Gasteiger partial charge in [-0.05, 0) is 37.0 Å². The van der Waals surface area contributed by atoms with Crippen molar-refractivity contribution in [2.24, 2.45) is 4.99 Å². The van der Waals surface area contributed by atoms with E-state index >= 15 is 0 Å². The highest BCUT2D eigenvalue weighted by atomic mass is 35.5. The number of carbonyl (C=O) groups is 1. The third-order valence-electron chi connectivity index (χ3n) is 5.53. The normalized spacial score (nSPS) is 21.7. The van der Waals surface area contributed by atoms with E-state index < -0.39 is 11.7 Å². The van der Waals surface area contributed by atoms with Gasteiger partial charge in [-0.25, -0.2) is 14.4 Å². The number of alkyl halides is 1. The number of ether oxygens (including phenoxy) is 1. The van der Waals surface area contributed by atoms with Gasteiger partial charge in [-0.3, -0.25) is 4.79 Å². The van der Waals surface area contributed by atoms with Gasteiger partial charge in [0.2, 0.25) is 5.95 Å². The fraction of sp³-hybridized carbons (Fsp3) is 0.261. The summed E-state index contributed by atoms with van der Waals surface area (Å²) in [6.07, 6.45) is 3.99. The Morgan fingerprint density at radius 3 is 3.00 bits per heavy atom. The van der Waals surface area contributed by atoms with Gasteiger partial charge in [0, 0.05) is 6.07 Å². The van der Waals surface area contributed by atoms with E-state index in [1.54, 1.807) is 0 Å². The molecule has 0 saturated carbocycles. The highest BCUT2D eigenvalue weighted by molar-refractivity contribution is 6.50. The lowest BCUT2D eigenvalue weighted by molar-refractivity contribution is 0.0911. The van der Waals surface area contributed by atoms with Gasteiger partial charge in [-0.1, -0.05) is 35.9 Å². The van der Waals surface area contributed by atoms with Gasteiger partial charge in [0.15, 0.2) is 0 Å². The number of hydrogen-bond donors (Lipinski definition) is 2. The number of aliphatic imine (C=N–C) groups is 1. The number of para-hydroxylation sites is 1. The van der Waals surface area contributed by atoms with Crippen molar-refractivity contribution in [2.75, 3.05) is 6.61 Å². The zero-order chi connectivity index (χ0) is 22.2. The molecular weight excluding hydrogens is 454 g/mol. The smallest absolute Gasteiger partial charge is 0.254 e. The minimum Gasteiger partial charge on any atom is -0.491 e. The first kappa shape index (κ1) is 21.0. The van der Waals surface area contributed by atoms with Crippen LogP contribution in [0.1, 0.15) is 28.8 Å². The van der Waals surface area contributed by atoms with E-state index in [0.29, 0.717) is 34.8 Å². The summed E-state index contributed by atoms with van der Waals surface area (Å²) < 4.78 is 20.4. The number of fused-ring (bicyclic) bond motifs is 2. The number of amides is 1. The van der Waals surface area contributed by atoms with Crippen LogP contribution in [0.4, 0.5) is 10.3 Å². The molecule has 1 aliphatic heterocycles. The summed E-state index contributed by atoms with van der Waals surface area (Å²) in [4.78, 5) is 24.5. The molecule has 0 spiro atoms. The molecule has 0 saturated heterocycles. The number of benzene rings is 2. The Hall–Kier alpha value is -2.90. The number of H-pyrrole nitrogens is 1. The molecule has 2 aliphatic rings. The number of nitrogens with zero attached hydrogens (tertiary/aromatic N) is 2. The Morgan fingerprint density at radius 1 is 1.31 bits per heavy atom. The van der Waals surface area contributed by atoms with Crippen LogP contribution in [0.25, 0.3) is 11.0 Å². The minimum absolute atomic E-state index is 0.0899. The average molecular weight is 473 g/mol. The highest BCUT2D eigenvalue weighted by Gasteiger charge is 2.24. The molecule has 9 heteroatoms. The molecule has 1 aromatic heterocycles. The molecule has 32 heavy (non-hydrogen) atoms. The molecule has 2 heterocycles. The first-order valence-corrected chi connectivity index (χ1v) is 11.1. The van der Waals surface area contributed by atoms with Crippen LogP contribution in [0.2, 0.25) is 0 Å². The zero-order valence-electron chi connectivity index (χ0n) is 16.9. The van der Waals surface area contributed by atoms with Gasteiger partial charge in [-0.2, -0.15) is 0 Å². The molecule has 0 radical (unpaired) electrons. The van der Waals surface area contributed by atoms with E-state index in [4.69, 9.17) is 27.9 Å². The Morgan fingerprint density at radius 2 is 2.16 bits per heavy atom. The summed E-state index contributed by atoms with van der Waals surface area (Å²) in [5.41, 5.74) is 2.28. The summed E-state index contributed by atoms with van der Waals surface area (Å²) in [6.45, 7) is 0.324. The summed E-state index contributed by atoms with van der Waals surface area (Å²) in [7, 11) is 0. The topological polar surface area (TPSA) is 79.4 Å². The second-order valence-electron chi connectivity index (χ2n) is 7.80. The van der Waals surface area contributed by atoms with Gasteiger partial charge >= 0.3 is 0 Å². The SMILES string of the molecule is O=C(NC1COc2ccccc2C1)c1cc2nc(N=C3C(Cl)=CCCC3Cl)[nH]c2cc1F. The van der Waals surface area contributed by atoms with Crippen LogP contribution in [-0.2, 0) is 6.42 Å². The molecule has 164 valence electrons. The van der Waals surface area contributed by atoms with Crippen LogP contribution < -0.4 is 10.1 Å². The molecule has 2 atom stereocenters. The van der Waals surface area contributed by atoms with Crippen molar-refractivity contribution >= 4 is 51.8 Å². The van der Waals surface area contributed by atoms with E-state index in [-0.39, 0.29) is 22.9 Å². The second kappa shape index (κ2) is 8.56. The van der Waals surface area contributed by atoms with Crippen molar-refractivity contribution in [1.29, 1.82) is 0 Å². The first-order chi connectivity index (χ1) is 15.5. The Balaban J connectivity index is 1.38. The molecule has 1 amide bonds. The monoisotopic (exact) mass is 472 g/mol. The van der Waals surface area contributed by atoms with Crippen LogP contribution in [0.3, 0.4) is 0 Å². The lowest BCUT2D eigenvalue weighted by atomic mass is 10.0. The van der Waals surface area contributed by atoms with Gasteiger partial charge in [0.05, 0.1) is 38.8 Å². The van der Waals surface area contributed by atoms with E-state index in [1.807, 2.05) is 30.3 Å². The Bertz CT molecular complexity index is 1270. The average Bonchev–Trinajstić information content (AvgIpc) is 3.17. The van der Waals surface area contributed by atoms with Crippen LogP contribution in [0.5, 0.6) is 5.75 Å². The lowest BCUT2D eigenvalue weighted by Gasteiger charge is -2.26. The second-order valence-corrected chi connectivity index (χ2v) is 8.73. The largest absolute Gasteiger partial charge is 0.491 e. The Labute approximate surface area is 193 Å². The molecule has 6 nitrogen and oxygen atoms in total. The van der Waals surface area contributed by atoms with E-state index in [9.17, 15) is 9.18 Å². The number of halogens is 3. The van der Waals surface area contributed by atoms with Gasteiger partial charge in [-0.15, -0.1) is 11.6 Å². The third-order valence-corrected chi connectivity index (χ3v) is 6.30. The summed E-state index contributed by atoms with van der Waals surface area (Å²) >= 11 is 12.5. The number of rotatable bonds is 3. The molecule has 0 fully saturated rings. The van der Waals surface area contributed by atoms with Crippen molar-refractivity contribution in [2.45, 2.75) is 30.7 Å². The Kier molecular flexibility index (Phi) is 5.61. The van der Waals surface area contributed by atoms with Crippen molar-refractivity contribution in [3.8, 4) is 5.75 Å². The van der Waals surface area contributed by atoms with Crippen LogP contribution >= 0.6 is 23.2 Å². The van der Waals surface area contributed by atoms with Gasteiger partial charge in [0.25, 0.3) is 5.91 Å². The summed E-state index contributed by atoms with van der Waals surface area (Å²) in [5.74, 6) is -0.111. The number of aromatic amines is 1. The predicted octanol–water partition coefficient (Wildman–Crippen LogP) is 5.03. The molecule has 5 rings (SSSR count). The number of allylic oxidation sites excluding steroid dienone is 2. The molecule has 2 aromatic carbocycles. The number of carbonyl (C=O) groups excluding carboxylic acids is 1. The number of aromatic nitrogens is 2. The minimum atomic E-state index is -0.652. The summed E-state index contributed by atoms with van der Waals surface area (Å²) in [6, 6.07) is 10.1. The van der Waals surface area contributed by atoms with E-state index in [2.05, 4.69) is 20.3 Å². The van der Waals surface area contributed by atoms with Crippen molar-refractivity contribution in [1.82, 2.24) is 15.3 Å².